The maximum atomic E-state index is 9.22. The first-order valence-corrected chi connectivity index (χ1v) is 7.51. The molecule has 0 fully saturated rings. The number of aliphatic hydroxyl groups excluding tert-OH is 1. The highest BCUT2D eigenvalue weighted by molar-refractivity contribution is 5.93. The highest BCUT2D eigenvalue weighted by Gasteiger charge is 2.18. The van der Waals surface area contributed by atoms with E-state index in [-0.39, 0.29) is 12.6 Å². The number of aryl methyl sites for hydroxylation is 1. The molecule has 0 aliphatic carbocycles. The molecule has 3 aromatic rings. The zero-order valence-electron chi connectivity index (χ0n) is 12.9. The van der Waals surface area contributed by atoms with Crippen LogP contribution in [0.1, 0.15) is 25.2 Å². The fraction of sp³-hybridized carbons (Fsp3) is 0.375. The fourth-order valence-corrected chi connectivity index (χ4v) is 2.68. The van der Waals surface area contributed by atoms with Crippen molar-refractivity contribution in [2.24, 2.45) is 12.8 Å². The number of hydrogen-bond donors (Lipinski definition) is 2. The molecule has 0 saturated carbocycles. The van der Waals surface area contributed by atoms with Crippen molar-refractivity contribution in [1.29, 1.82) is 0 Å². The molecule has 0 saturated heterocycles. The van der Waals surface area contributed by atoms with Crippen LogP contribution in [0, 0.1) is 0 Å². The third kappa shape index (κ3) is 2.40. The van der Waals surface area contributed by atoms with Gasteiger partial charge < -0.3 is 15.4 Å². The van der Waals surface area contributed by atoms with Crippen LogP contribution in [0.2, 0.25) is 0 Å². The van der Waals surface area contributed by atoms with E-state index in [9.17, 15) is 5.11 Å². The van der Waals surface area contributed by atoms with E-state index in [2.05, 4.69) is 26.8 Å². The lowest BCUT2D eigenvalue weighted by Gasteiger charge is -2.08. The van der Waals surface area contributed by atoms with Crippen molar-refractivity contribution in [3.05, 3.63) is 36.3 Å². The second-order valence-corrected chi connectivity index (χ2v) is 5.42. The second kappa shape index (κ2) is 5.90. The van der Waals surface area contributed by atoms with Gasteiger partial charge in [-0.25, -0.2) is 9.67 Å². The molecule has 0 aliphatic rings. The normalized spacial score (nSPS) is 12.9. The number of hydrogen-bond acceptors (Lipinski definition) is 4. The standard InChI is InChI=1S/C16H21N5O/c1-3-13(17)16-18-15(19-21(16)9-10-22)12-5-4-6-14-11(12)7-8-20(14)2/h4-8,13,22H,3,9-10,17H2,1-2H3/t13-/m0/s1. The minimum absolute atomic E-state index is 0.0156. The molecule has 0 bridgehead atoms. The van der Waals surface area contributed by atoms with Gasteiger partial charge in [-0.2, -0.15) is 5.10 Å². The molecule has 0 amide bonds. The van der Waals surface area contributed by atoms with E-state index in [0.29, 0.717) is 12.4 Å². The third-order valence-corrected chi connectivity index (χ3v) is 3.95. The second-order valence-electron chi connectivity index (χ2n) is 5.42. The first-order chi connectivity index (χ1) is 10.7. The summed E-state index contributed by atoms with van der Waals surface area (Å²) >= 11 is 0. The van der Waals surface area contributed by atoms with Crippen molar-refractivity contribution < 1.29 is 5.11 Å². The Kier molecular flexibility index (Phi) is 3.96. The SMILES string of the molecule is CC[C@H](N)c1nc(-c2cccc3c2ccn3C)nn1CCO. The Labute approximate surface area is 129 Å². The Bertz CT molecular complexity index is 789. The Hall–Kier alpha value is -2.18. The molecule has 6 heteroatoms. The molecule has 0 spiro atoms. The number of aliphatic hydroxyl groups is 1. The lowest BCUT2D eigenvalue weighted by molar-refractivity contribution is 0.265. The van der Waals surface area contributed by atoms with E-state index in [1.165, 1.54) is 0 Å². The van der Waals surface area contributed by atoms with E-state index in [1.54, 1.807) is 4.68 Å². The zero-order valence-corrected chi connectivity index (χ0v) is 12.9. The van der Waals surface area contributed by atoms with E-state index in [0.717, 1.165) is 28.7 Å². The van der Waals surface area contributed by atoms with Gasteiger partial charge in [0.2, 0.25) is 0 Å². The molecular formula is C16H21N5O. The molecule has 2 heterocycles. The quantitative estimate of drug-likeness (QED) is 0.753. The van der Waals surface area contributed by atoms with Crippen molar-refractivity contribution in [2.45, 2.75) is 25.9 Å². The van der Waals surface area contributed by atoms with E-state index in [4.69, 9.17) is 5.73 Å². The Balaban J connectivity index is 2.14. The maximum Gasteiger partial charge on any atom is 0.182 e. The van der Waals surface area contributed by atoms with Crippen LogP contribution >= 0.6 is 0 Å². The highest BCUT2D eigenvalue weighted by atomic mass is 16.3. The molecular weight excluding hydrogens is 278 g/mol. The largest absolute Gasteiger partial charge is 0.394 e. The molecule has 0 radical (unpaired) electrons. The minimum Gasteiger partial charge on any atom is -0.394 e. The van der Waals surface area contributed by atoms with Crippen molar-refractivity contribution in [3.63, 3.8) is 0 Å². The molecule has 2 aromatic heterocycles. The Morgan fingerprint density at radius 3 is 2.86 bits per heavy atom. The van der Waals surface area contributed by atoms with Gasteiger partial charge in [0.15, 0.2) is 5.82 Å². The third-order valence-electron chi connectivity index (χ3n) is 3.95. The zero-order chi connectivity index (χ0) is 15.7. The molecule has 116 valence electrons. The highest BCUT2D eigenvalue weighted by Crippen LogP contribution is 2.28. The van der Waals surface area contributed by atoms with Crippen LogP contribution in [-0.2, 0) is 13.6 Å². The van der Waals surface area contributed by atoms with E-state index < -0.39 is 0 Å². The lowest BCUT2D eigenvalue weighted by atomic mass is 10.1. The molecule has 3 N–H and O–H groups in total. The van der Waals surface area contributed by atoms with Crippen LogP contribution in [0.4, 0.5) is 0 Å². The first-order valence-electron chi connectivity index (χ1n) is 7.51. The summed E-state index contributed by atoms with van der Waals surface area (Å²) in [7, 11) is 2.02. The molecule has 0 unspecified atom stereocenters. The van der Waals surface area contributed by atoms with Crippen molar-refractivity contribution in [1.82, 2.24) is 19.3 Å². The average molecular weight is 299 g/mol. The molecule has 3 rings (SSSR count). The summed E-state index contributed by atoms with van der Waals surface area (Å²) in [5.41, 5.74) is 8.25. The van der Waals surface area contributed by atoms with E-state index >= 15 is 0 Å². The Morgan fingerprint density at radius 2 is 2.14 bits per heavy atom. The van der Waals surface area contributed by atoms with Crippen LogP contribution in [0.3, 0.4) is 0 Å². The maximum absolute atomic E-state index is 9.22. The predicted molar refractivity (Wildman–Crippen MR) is 86.2 cm³/mol. The smallest absolute Gasteiger partial charge is 0.182 e. The van der Waals surface area contributed by atoms with Gasteiger partial charge in [-0.3, -0.25) is 0 Å². The van der Waals surface area contributed by atoms with Gasteiger partial charge in [0.25, 0.3) is 0 Å². The average Bonchev–Trinajstić information content (AvgIpc) is 3.11. The summed E-state index contributed by atoms with van der Waals surface area (Å²) in [5, 5.41) is 14.9. The van der Waals surface area contributed by atoms with Crippen LogP contribution in [-0.4, -0.2) is 31.0 Å². The molecule has 6 nitrogen and oxygen atoms in total. The summed E-state index contributed by atoms with van der Waals surface area (Å²) < 4.78 is 3.79. The molecule has 1 aromatic carbocycles. The van der Waals surface area contributed by atoms with Crippen molar-refractivity contribution in [3.8, 4) is 11.4 Å². The van der Waals surface area contributed by atoms with Gasteiger partial charge in [0.1, 0.15) is 5.82 Å². The van der Waals surface area contributed by atoms with Crippen LogP contribution in [0.25, 0.3) is 22.3 Å². The minimum atomic E-state index is -0.178. The summed E-state index contributed by atoms with van der Waals surface area (Å²) in [6.45, 7) is 2.43. The Morgan fingerprint density at radius 1 is 1.32 bits per heavy atom. The van der Waals surface area contributed by atoms with Crippen molar-refractivity contribution in [2.75, 3.05) is 6.61 Å². The number of nitrogens with zero attached hydrogens (tertiary/aromatic N) is 4. The summed E-state index contributed by atoms with van der Waals surface area (Å²) in [4.78, 5) is 4.64. The number of aromatic nitrogens is 4. The number of fused-ring (bicyclic) bond motifs is 1. The van der Waals surface area contributed by atoms with Gasteiger partial charge in [-0.15, -0.1) is 0 Å². The van der Waals surface area contributed by atoms with Crippen LogP contribution < -0.4 is 5.73 Å². The van der Waals surface area contributed by atoms with Gasteiger partial charge >= 0.3 is 0 Å². The summed E-state index contributed by atoms with van der Waals surface area (Å²) in [6.07, 6.45) is 2.80. The monoisotopic (exact) mass is 299 g/mol. The van der Waals surface area contributed by atoms with Gasteiger partial charge in [0, 0.05) is 29.7 Å². The first kappa shape index (κ1) is 14.7. The van der Waals surface area contributed by atoms with Crippen molar-refractivity contribution >= 4 is 10.9 Å². The molecule has 0 aliphatic heterocycles. The predicted octanol–water partition coefficient (Wildman–Crippen LogP) is 1.84. The van der Waals surface area contributed by atoms with Gasteiger partial charge in [-0.1, -0.05) is 19.1 Å². The van der Waals surface area contributed by atoms with Gasteiger partial charge in [-0.05, 0) is 18.6 Å². The van der Waals surface area contributed by atoms with E-state index in [1.807, 2.05) is 32.3 Å². The number of rotatable bonds is 5. The lowest BCUT2D eigenvalue weighted by Crippen LogP contribution is -2.17. The number of nitrogens with two attached hydrogens (primary N) is 1. The summed E-state index contributed by atoms with van der Waals surface area (Å²) in [6, 6.07) is 7.98. The topological polar surface area (TPSA) is 81.9 Å². The molecule has 22 heavy (non-hydrogen) atoms. The number of benzene rings is 1. The summed E-state index contributed by atoms with van der Waals surface area (Å²) in [5.74, 6) is 1.38. The fourth-order valence-electron chi connectivity index (χ4n) is 2.68. The van der Waals surface area contributed by atoms with Crippen LogP contribution in [0.5, 0.6) is 0 Å². The van der Waals surface area contributed by atoms with Gasteiger partial charge in [0.05, 0.1) is 19.2 Å². The van der Waals surface area contributed by atoms with Crippen LogP contribution in [0.15, 0.2) is 30.5 Å². The molecule has 1 atom stereocenters.